The molecule has 28 heavy (non-hydrogen) atoms. The summed E-state index contributed by atoms with van der Waals surface area (Å²) in [6, 6.07) is 10.9. The van der Waals surface area contributed by atoms with Gasteiger partial charge in [-0.1, -0.05) is 36.4 Å². The fourth-order valence-electron chi connectivity index (χ4n) is 4.03. The van der Waals surface area contributed by atoms with Gasteiger partial charge in [0.05, 0.1) is 17.6 Å². The van der Waals surface area contributed by atoms with Gasteiger partial charge in [0, 0.05) is 44.2 Å². The van der Waals surface area contributed by atoms with E-state index in [0.717, 1.165) is 36.5 Å². The Morgan fingerprint density at radius 2 is 1.96 bits per heavy atom. The lowest BCUT2D eigenvalue weighted by Gasteiger charge is -2.35. The molecule has 7 heteroatoms. The smallest absolute Gasteiger partial charge is 0.211 e. The maximum atomic E-state index is 11.8. The van der Waals surface area contributed by atoms with Gasteiger partial charge in [0.1, 0.15) is 6.33 Å². The van der Waals surface area contributed by atoms with Gasteiger partial charge < -0.3 is 0 Å². The number of aromatic nitrogens is 2. The highest BCUT2D eigenvalue weighted by molar-refractivity contribution is 7.88. The summed E-state index contributed by atoms with van der Waals surface area (Å²) in [5, 5.41) is 0. The number of sulfonamides is 1. The summed E-state index contributed by atoms with van der Waals surface area (Å²) in [7, 11) is -3.15. The molecule has 0 unspecified atom stereocenters. The molecule has 0 saturated heterocycles. The van der Waals surface area contributed by atoms with E-state index in [9.17, 15) is 8.42 Å². The molecule has 0 bridgehead atoms. The minimum Gasteiger partial charge on any atom is -0.292 e. The Kier molecular flexibility index (Phi) is 5.31. The van der Waals surface area contributed by atoms with Crippen LogP contribution in [0.25, 0.3) is 5.57 Å². The fourth-order valence-corrected chi connectivity index (χ4v) is 4.80. The first kappa shape index (κ1) is 19.2. The van der Waals surface area contributed by atoms with Gasteiger partial charge in [-0.05, 0) is 24.5 Å². The Hall–Kier alpha value is -2.09. The summed E-state index contributed by atoms with van der Waals surface area (Å²) in [5.41, 5.74) is 5.73. The van der Waals surface area contributed by atoms with E-state index in [2.05, 4.69) is 46.1 Å². The zero-order valence-corrected chi connectivity index (χ0v) is 17.2. The molecule has 1 aromatic heterocycles. The highest BCUT2D eigenvalue weighted by Gasteiger charge is 2.29. The Bertz CT molecular complexity index is 989. The summed E-state index contributed by atoms with van der Waals surface area (Å²) in [6.45, 7) is 4.88. The minimum absolute atomic E-state index is 0.413. The third kappa shape index (κ3) is 4.01. The Labute approximate surface area is 167 Å². The van der Waals surface area contributed by atoms with E-state index in [4.69, 9.17) is 0 Å². The molecule has 0 fully saturated rings. The van der Waals surface area contributed by atoms with Crippen LogP contribution in [0.3, 0.4) is 0 Å². The summed E-state index contributed by atoms with van der Waals surface area (Å²) in [5.74, 6) is 0. The molecule has 3 heterocycles. The van der Waals surface area contributed by atoms with Crippen molar-refractivity contribution in [1.82, 2.24) is 19.2 Å². The first-order valence-electron chi connectivity index (χ1n) is 9.67. The zero-order valence-electron chi connectivity index (χ0n) is 16.4. The summed E-state index contributed by atoms with van der Waals surface area (Å²) < 4.78 is 25.1. The van der Waals surface area contributed by atoms with Crippen molar-refractivity contribution in [3.05, 3.63) is 65.2 Å². The number of rotatable bonds is 4. The molecule has 148 valence electrons. The number of hydrogen-bond acceptors (Lipinski definition) is 5. The molecule has 2 aromatic rings. The maximum Gasteiger partial charge on any atom is 0.211 e. The highest BCUT2D eigenvalue weighted by Crippen LogP contribution is 2.31. The Balaban J connectivity index is 1.60. The van der Waals surface area contributed by atoms with E-state index < -0.39 is 10.0 Å². The second kappa shape index (κ2) is 7.73. The predicted molar refractivity (Wildman–Crippen MR) is 110 cm³/mol. The van der Waals surface area contributed by atoms with Gasteiger partial charge in [0.2, 0.25) is 10.0 Å². The van der Waals surface area contributed by atoms with Gasteiger partial charge in [-0.3, -0.25) is 4.90 Å². The van der Waals surface area contributed by atoms with Crippen LogP contribution in [0.1, 0.15) is 35.9 Å². The second-order valence-corrected chi connectivity index (χ2v) is 9.67. The quantitative estimate of drug-likeness (QED) is 0.792. The average Bonchev–Trinajstić information content (AvgIpc) is 2.68. The van der Waals surface area contributed by atoms with E-state index in [1.54, 1.807) is 6.33 Å². The van der Waals surface area contributed by atoms with Gasteiger partial charge in [-0.15, -0.1) is 0 Å². The van der Waals surface area contributed by atoms with Crippen LogP contribution in [0, 0.1) is 0 Å². The SMILES string of the molecule is C[C@@H]1Cc2ncnc(C3=CCN(S(C)(=O)=O)CC3)c2CN1Cc1ccccc1. The van der Waals surface area contributed by atoms with Crippen molar-refractivity contribution in [2.45, 2.75) is 38.9 Å². The number of nitrogens with zero attached hydrogens (tertiary/aromatic N) is 4. The van der Waals surface area contributed by atoms with Crippen molar-refractivity contribution in [2.24, 2.45) is 0 Å². The molecule has 0 spiro atoms. The summed E-state index contributed by atoms with van der Waals surface area (Å²) in [6.07, 6.45) is 6.51. The number of benzene rings is 1. The molecule has 2 aliphatic heterocycles. The second-order valence-electron chi connectivity index (χ2n) is 7.69. The highest BCUT2D eigenvalue weighted by atomic mass is 32.2. The molecule has 0 aliphatic carbocycles. The van der Waals surface area contributed by atoms with Crippen LogP contribution in [0.5, 0.6) is 0 Å². The van der Waals surface area contributed by atoms with E-state index in [-0.39, 0.29) is 0 Å². The maximum absolute atomic E-state index is 11.8. The van der Waals surface area contributed by atoms with Crippen LogP contribution >= 0.6 is 0 Å². The third-order valence-corrected chi connectivity index (χ3v) is 6.95. The van der Waals surface area contributed by atoms with Crippen molar-refractivity contribution in [3.63, 3.8) is 0 Å². The van der Waals surface area contributed by atoms with Crippen LogP contribution in [-0.2, 0) is 29.5 Å². The van der Waals surface area contributed by atoms with Crippen molar-refractivity contribution < 1.29 is 8.42 Å². The van der Waals surface area contributed by atoms with Gasteiger partial charge in [0.25, 0.3) is 0 Å². The van der Waals surface area contributed by atoms with Crippen LogP contribution < -0.4 is 0 Å². The van der Waals surface area contributed by atoms with Crippen molar-refractivity contribution in [1.29, 1.82) is 0 Å². The topological polar surface area (TPSA) is 66.4 Å². The molecular weight excluding hydrogens is 372 g/mol. The zero-order chi connectivity index (χ0) is 19.7. The van der Waals surface area contributed by atoms with Crippen LogP contribution in [0.15, 0.2) is 42.7 Å². The summed E-state index contributed by atoms with van der Waals surface area (Å²) in [4.78, 5) is 11.6. The lowest BCUT2D eigenvalue weighted by Crippen LogP contribution is -2.39. The third-order valence-electron chi connectivity index (χ3n) is 5.68. The number of fused-ring (bicyclic) bond motifs is 1. The monoisotopic (exact) mass is 398 g/mol. The van der Waals surface area contributed by atoms with Gasteiger partial charge >= 0.3 is 0 Å². The largest absolute Gasteiger partial charge is 0.292 e. The standard InChI is InChI=1S/C21H26N4O2S/c1-16-12-20-19(14-24(16)13-17-6-4-3-5-7-17)21(23-15-22-20)18-8-10-25(11-9-18)28(2,26)27/h3-8,15-16H,9-14H2,1-2H3/t16-/m1/s1. The Morgan fingerprint density at radius 3 is 2.64 bits per heavy atom. The molecule has 2 aliphatic rings. The number of hydrogen-bond donors (Lipinski definition) is 0. The lowest BCUT2D eigenvalue weighted by molar-refractivity contribution is 0.172. The average molecular weight is 399 g/mol. The molecule has 1 aromatic carbocycles. The normalized spacial score (nSPS) is 21.2. The predicted octanol–water partition coefficient (Wildman–Crippen LogP) is 2.47. The van der Waals surface area contributed by atoms with Crippen LogP contribution in [-0.4, -0.2) is 53.0 Å². The minimum atomic E-state index is -3.15. The fraction of sp³-hybridized carbons (Fsp3) is 0.429. The molecule has 6 nitrogen and oxygen atoms in total. The van der Waals surface area contributed by atoms with Crippen molar-refractivity contribution in [3.8, 4) is 0 Å². The molecule has 4 rings (SSSR count). The molecule has 0 amide bonds. The van der Waals surface area contributed by atoms with Crippen molar-refractivity contribution in [2.75, 3.05) is 19.3 Å². The lowest BCUT2D eigenvalue weighted by atomic mass is 9.93. The Morgan fingerprint density at radius 1 is 1.18 bits per heavy atom. The molecule has 0 radical (unpaired) electrons. The van der Waals surface area contributed by atoms with E-state index in [1.807, 2.05) is 12.1 Å². The van der Waals surface area contributed by atoms with Crippen LogP contribution in [0.2, 0.25) is 0 Å². The first-order chi connectivity index (χ1) is 13.4. The van der Waals surface area contributed by atoms with Gasteiger partial charge in [-0.25, -0.2) is 18.4 Å². The molecular formula is C21H26N4O2S. The molecule has 0 saturated carbocycles. The molecule has 1 atom stereocenters. The van der Waals surface area contributed by atoms with Gasteiger partial charge in [-0.2, -0.15) is 4.31 Å². The summed E-state index contributed by atoms with van der Waals surface area (Å²) >= 11 is 0. The van der Waals surface area contributed by atoms with Gasteiger partial charge in [0.15, 0.2) is 0 Å². The first-order valence-corrected chi connectivity index (χ1v) is 11.5. The van der Waals surface area contributed by atoms with Crippen LogP contribution in [0.4, 0.5) is 0 Å². The van der Waals surface area contributed by atoms with E-state index in [1.165, 1.54) is 21.7 Å². The van der Waals surface area contributed by atoms with E-state index >= 15 is 0 Å². The van der Waals surface area contributed by atoms with E-state index in [0.29, 0.717) is 25.6 Å². The molecule has 0 N–H and O–H groups in total. The van der Waals surface area contributed by atoms with Crippen molar-refractivity contribution >= 4 is 15.6 Å².